The first-order valence-corrected chi connectivity index (χ1v) is 23.0. The quantitative estimate of drug-likeness (QED) is 0.429. The van der Waals surface area contributed by atoms with Gasteiger partial charge in [0.25, 0.3) is 0 Å². The summed E-state index contributed by atoms with van der Waals surface area (Å²) in [6.45, 7) is 4.18. The Kier molecular flexibility index (Phi) is 7.18. The Hall–Kier alpha value is 1.86. The van der Waals surface area contributed by atoms with E-state index in [1.54, 1.807) is 0 Å². The van der Waals surface area contributed by atoms with E-state index in [1.165, 1.54) is 43.6 Å². The Balaban J connectivity index is 1.82. The summed E-state index contributed by atoms with van der Waals surface area (Å²) in [6, 6.07) is 0. The van der Waals surface area contributed by atoms with Crippen molar-refractivity contribution in [2.75, 3.05) is 26.2 Å². The van der Waals surface area contributed by atoms with Gasteiger partial charge in [0, 0.05) is 0 Å². The maximum absolute atomic E-state index is 6.56. The second-order valence-electron chi connectivity index (χ2n) is 4.59. The Labute approximate surface area is 142 Å². The van der Waals surface area contributed by atoms with Gasteiger partial charge in [-0.1, -0.05) is 0 Å². The first kappa shape index (κ1) is 17.2. The van der Waals surface area contributed by atoms with Crippen molar-refractivity contribution < 1.29 is 0 Å². The van der Waals surface area contributed by atoms with Crippen LogP contribution < -0.4 is 0 Å². The Morgan fingerprint density at radius 3 is 1.42 bits per heavy atom. The van der Waals surface area contributed by atoms with Gasteiger partial charge < -0.3 is 0 Å². The summed E-state index contributed by atoms with van der Waals surface area (Å²) in [5.41, 5.74) is 0. The van der Waals surface area contributed by atoms with Crippen molar-refractivity contribution in [3.05, 3.63) is 0 Å². The van der Waals surface area contributed by atoms with Gasteiger partial charge in [-0.25, -0.2) is 0 Å². The third-order valence-corrected chi connectivity index (χ3v) is 25.0. The fourth-order valence-electron chi connectivity index (χ4n) is 2.15. The summed E-state index contributed by atoms with van der Waals surface area (Å²) >= 11 is 7.57. The van der Waals surface area contributed by atoms with Gasteiger partial charge in [0.15, 0.2) is 0 Å². The van der Waals surface area contributed by atoms with Gasteiger partial charge in [-0.2, -0.15) is 0 Å². The van der Waals surface area contributed by atoms with Crippen LogP contribution in [-0.4, -0.2) is 58.0 Å². The van der Waals surface area contributed by atoms with Crippen LogP contribution in [-0.2, 0) is 0 Å². The first-order chi connectivity index (χ1) is 8.98. The summed E-state index contributed by atoms with van der Waals surface area (Å²) in [6.07, 6.45) is 4.86. The molecule has 0 aliphatic carbocycles. The van der Waals surface area contributed by atoms with Gasteiger partial charge >= 0.3 is 144 Å². The zero-order valence-corrected chi connectivity index (χ0v) is 18.1. The summed E-state index contributed by atoms with van der Waals surface area (Å²) in [4.78, 5) is 4.44. The van der Waals surface area contributed by atoms with Crippen molar-refractivity contribution in [3.8, 4) is 0 Å². The molecule has 0 amide bonds. The molecule has 2 rings (SSSR count). The molecular weight excluding hydrogens is 466 g/mol. The third kappa shape index (κ3) is 5.52. The third-order valence-electron chi connectivity index (χ3n) is 3.14. The van der Waals surface area contributed by atoms with Crippen LogP contribution in [0.15, 0.2) is 0 Å². The van der Waals surface area contributed by atoms with Crippen LogP contribution >= 0.6 is 60.2 Å². The minimum absolute atomic E-state index is 0.870. The summed E-state index contributed by atoms with van der Waals surface area (Å²) < 4.78 is 1.74. The van der Waals surface area contributed by atoms with E-state index in [0.29, 0.717) is 0 Å². The first-order valence-electron chi connectivity index (χ1n) is 6.31. The molecule has 0 bridgehead atoms. The average Bonchev–Trinajstić information content (AvgIpc) is 3.01. The molecule has 2 aliphatic rings. The molecule has 0 aromatic rings. The molecular formula is C10H16Cl2N2S4Sn. The molecule has 2 heterocycles. The molecule has 19 heavy (non-hydrogen) atoms. The Bertz CT molecular complexity index is 325. The number of hydrogen-bond donors (Lipinski definition) is 0. The standard InChI is InChI=1S/2C5H9NS2.2ClH.Sn/c2*7-5(8)6-3-1-2-4-6;;;/h2*1-4H2,(H,7,8);2*1H;/q;;;;+4/p-4. The van der Waals surface area contributed by atoms with E-state index >= 15 is 0 Å². The fraction of sp³-hybridized carbons (Fsp3) is 0.800. The predicted molar refractivity (Wildman–Crippen MR) is 99.5 cm³/mol. The Morgan fingerprint density at radius 1 is 0.789 bits per heavy atom. The SMILES string of the molecule is S=C([S][Sn]([Cl])([Cl])[S]C(=S)N1CCCC1)N1CCCC1. The molecule has 2 fully saturated rings. The molecule has 0 spiro atoms. The van der Waals surface area contributed by atoms with Gasteiger partial charge in [0.05, 0.1) is 0 Å². The number of nitrogens with zero attached hydrogens (tertiary/aromatic N) is 2. The van der Waals surface area contributed by atoms with Crippen LogP contribution in [0.3, 0.4) is 0 Å². The second kappa shape index (κ2) is 7.92. The van der Waals surface area contributed by atoms with Gasteiger partial charge in [0.2, 0.25) is 0 Å². The summed E-state index contributed by atoms with van der Waals surface area (Å²) in [5, 5.41) is 0. The molecule has 0 N–H and O–H groups in total. The molecule has 0 unspecified atom stereocenters. The van der Waals surface area contributed by atoms with E-state index in [1.807, 2.05) is 0 Å². The fourth-order valence-corrected chi connectivity index (χ4v) is 30.4. The van der Waals surface area contributed by atoms with Crippen LogP contribution in [0.2, 0.25) is 0 Å². The topological polar surface area (TPSA) is 6.48 Å². The molecule has 9 heteroatoms. The molecule has 0 radical (unpaired) electrons. The van der Waals surface area contributed by atoms with Crippen LogP contribution in [0.4, 0.5) is 0 Å². The number of likely N-dealkylation sites (tertiary alicyclic amines) is 2. The van der Waals surface area contributed by atoms with E-state index in [4.69, 9.17) is 42.3 Å². The van der Waals surface area contributed by atoms with E-state index in [2.05, 4.69) is 9.80 Å². The van der Waals surface area contributed by atoms with Crippen LogP contribution in [0.5, 0.6) is 0 Å². The molecule has 2 nitrogen and oxygen atoms in total. The van der Waals surface area contributed by atoms with Crippen LogP contribution in [0, 0.1) is 0 Å². The normalized spacial score (nSPS) is 20.1. The monoisotopic (exact) mass is 482 g/mol. The maximum atomic E-state index is 6.56. The number of halogens is 2. The van der Waals surface area contributed by atoms with E-state index < -0.39 is 13.4 Å². The van der Waals surface area contributed by atoms with E-state index in [9.17, 15) is 0 Å². The molecule has 0 atom stereocenters. The van der Waals surface area contributed by atoms with E-state index in [0.717, 1.165) is 34.8 Å². The average molecular weight is 482 g/mol. The van der Waals surface area contributed by atoms with Gasteiger partial charge in [-0.15, -0.1) is 0 Å². The summed E-state index contributed by atoms with van der Waals surface area (Å²) in [7, 11) is 16.2. The summed E-state index contributed by atoms with van der Waals surface area (Å²) in [5.74, 6) is 0. The van der Waals surface area contributed by atoms with Crippen molar-refractivity contribution in [1.29, 1.82) is 0 Å². The van der Waals surface area contributed by atoms with Crippen molar-refractivity contribution in [1.82, 2.24) is 9.80 Å². The molecule has 2 saturated heterocycles. The number of hydrogen-bond acceptors (Lipinski definition) is 4. The molecule has 0 aromatic carbocycles. The van der Waals surface area contributed by atoms with Crippen molar-refractivity contribution >= 4 is 82.2 Å². The zero-order chi connectivity index (χ0) is 13.9. The van der Waals surface area contributed by atoms with Crippen molar-refractivity contribution in [2.45, 2.75) is 25.7 Å². The van der Waals surface area contributed by atoms with Crippen molar-refractivity contribution in [3.63, 3.8) is 0 Å². The predicted octanol–water partition coefficient (Wildman–Crippen LogP) is 4.13. The van der Waals surface area contributed by atoms with E-state index in [-0.39, 0.29) is 0 Å². The number of rotatable bonds is 2. The van der Waals surface area contributed by atoms with Crippen LogP contribution in [0.25, 0.3) is 0 Å². The van der Waals surface area contributed by atoms with Gasteiger partial charge in [-0.3, -0.25) is 0 Å². The van der Waals surface area contributed by atoms with Gasteiger partial charge in [0.1, 0.15) is 0 Å². The second-order valence-corrected chi connectivity index (χ2v) is 38.1. The molecule has 0 aromatic heterocycles. The Morgan fingerprint density at radius 2 is 1.11 bits per heavy atom. The number of thiocarbonyl (C=S) groups is 2. The molecule has 0 saturated carbocycles. The van der Waals surface area contributed by atoms with Crippen molar-refractivity contribution in [2.24, 2.45) is 0 Å². The zero-order valence-electron chi connectivity index (χ0n) is 10.4. The van der Waals surface area contributed by atoms with Gasteiger partial charge in [-0.05, 0) is 0 Å². The molecule has 2 aliphatic heterocycles. The van der Waals surface area contributed by atoms with Crippen LogP contribution in [0.1, 0.15) is 25.7 Å². The minimum atomic E-state index is -3.33. The molecule has 108 valence electrons.